The van der Waals surface area contributed by atoms with Crippen LogP contribution in [0, 0.1) is 5.92 Å². The van der Waals surface area contributed by atoms with E-state index in [1.807, 2.05) is 6.08 Å². The molecule has 4 heteroatoms. The summed E-state index contributed by atoms with van der Waals surface area (Å²) < 4.78 is 4.97. The van der Waals surface area contributed by atoms with Crippen LogP contribution in [0.3, 0.4) is 0 Å². The Morgan fingerprint density at radius 1 is 1.57 bits per heavy atom. The van der Waals surface area contributed by atoms with E-state index in [1.165, 1.54) is 12.5 Å². The lowest BCUT2D eigenvalue weighted by molar-refractivity contribution is -0.150. The summed E-state index contributed by atoms with van der Waals surface area (Å²) in [7, 11) is 0. The zero-order valence-electron chi connectivity index (χ0n) is 13.6. The first-order valence-corrected chi connectivity index (χ1v) is 7.55. The lowest BCUT2D eigenvalue weighted by atomic mass is 9.82. The Bertz CT molecular complexity index is 419. The monoisotopic (exact) mass is 296 g/mol. The van der Waals surface area contributed by atoms with E-state index in [-0.39, 0.29) is 12.5 Å². The average Bonchev–Trinajstić information content (AvgIpc) is 2.35. The summed E-state index contributed by atoms with van der Waals surface area (Å²) in [6.07, 6.45) is 8.90. The van der Waals surface area contributed by atoms with Crippen LogP contribution >= 0.6 is 0 Å². The fourth-order valence-corrected chi connectivity index (χ4v) is 2.47. The topological polar surface area (TPSA) is 66.8 Å². The van der Waals surface area contributed by atoms with Crippen molar-refractivity contribution < 1.29 is 19.7 Å². The molecule has 0 aromatic rings. The summed E-state index contributed by atoms with van der Waals surface area (Å²) in [6.45, 7) is 6.80. The Hall–Kier alpha value is -1.13. The van der Waals surface area contributed by atoms with Gasteiger partial charge in [-0.05, 0) is 46.5 Å². The predicted octanol–water partition coefficient (Wildman–Crippen LogP) is 2.74. The quantitative estimate of drug-likeness (QED) is 0.621. The molecular weight excluding hydrogens is 268 g/mol. The molecule has 2 N–H and O–H groups in total. The van der Waals surface area contributed by atoms with E-state index < -0.39 is 17.2 Å². The molecule has 1 unspecified atom stereocenters. The van der Waals surface area contributed by atoms with Crippen LogP contribution < -0.4 is 0 Å². The second kappa shape index (κ2) is 7.23. The highest BCUT2D eigenvalue weighted by Gasteiger charge is 2.32. The summed E-state index contributed by atoms with van der Waals surface area (Å²) in [5.74, 6) is -0.577. The Morgan fingerprint density at radius 3 is 2.86 bits per heavy atom. The Morgan fingerprint density at radius 2 is 2.24 bits per heavy atom. The highest BCUT2D eigenvalue weighted by molar-refractivity contribution is 5.65. The van der Waals surface area contributed by atoms with Gasteiger partial charge in [0, 0.05) is 12.8 Å². The normalized spacial score (nSPS) is 30.2. The third-order valence-corrected chi connectivity index (χ3v) is 4.05. The zero-order chi connectivity index (χ0) is 16.1. The molecule has 0 aliphatic heterocycles. The molecule has 0 radical (unpaired) electrons. The Kier molecular flexibility index (Phi) is 6.17. The molecule has 1 aliphatic carbocycles. The molecule has 0 aromatic heterocycles. The summed E-state index contributed by atoms with van der Waals surface area (Å²) >= 11 is 0. The van der Waals surface area contributed by atoms with Gasteiger partial charge in [0.2, 0.25) is 0 Å². The third kappa shape index (κ3) is 6.44. The maximum atomic E-state index is 11.0. The maximum absolute atomic E-state index is 11.0. The van der Waals surface area contributed by atoms with Crippen LogP contribution in [0.15, 0.2) is 23.8 Å². The summed E-state index contributed by atoms with van der Waals surface area (Å²) in [6, 6.07) is 0. The summed E-state index contributed by atoms with van der Waals surface area (Å²) in [5.41, 5.74) is -0.767. The van der Waals surface area contributed by atoms with Gasteiger partial charge in [0.1, 0.15) is 12.2 Å². The minimum absolute atomic E-state index is 0.0394. The first-order valence-electron chi connectivity index (χ1n) is 7.55. The van der Waals surface area contributed by atoms with Crippen molar-refractivity contribution in [2.45, 2.75) is 64.6 Å². The molecule has 1 rings (SSSR count). The number of allylic oxidation sites excluding steroid dienone is 2. The maximum Gasteiger partial charge on any atom is 0.302 e. The third-order valence-electron chi connectivity index (χ3n) is 4.05. The fraction of sp³-hybridized carbons (Fsp3) is 0.706. The van der Waals surface area contributed by atoms with Crippen LogP contribution in [-0.4, -0.2) is 34.0 Å². The Balaban J connectivity index is 2.89. The number of carbonyl (C=O) groups excluding carboxylic acids is 1. The SMILES string of the molecule is CC(=O)OCC(C)(O)[C@H]1C=C[C@](C)(O)CCC=C(C)CC1. The van der Waals surface area contributed by atoms with E-state index in [0.717, 1.165) is 19.3 Å². The number of rotatable bonds is 3. The van der Waals surface area contributed by atoms with Crippen LogP contribution in [0.25, 0.3) is 0 Å². The number of hydrogen-bond donors (Lipinski definition) is 2. The van der Waals surface area contributed by atoms with E-state index >= 15 is 0 Å². The van der Waals surface area contributed by atoms with Gasteiger partial charge in [-0.25, -0.2) is 0 Å². The fourth-order valence-electron chi connectivity index (χ4n) is 2.47. The first-order chi connectivity index (χ1) is 9.62. The van der Waals surface area contributed by atoms with Crippen LogP contribution in [0.1, 0.15) is 53.4 Å². The number of carbonyl (C=O) groups is 1. The van der Waals surface area contributed by atoms with Gasteiger partial charge in [-0.2, -0.15) is 0 Å². The first kappa shape index (κ1) is 17.9. The van der Waals surface area contributed by atoms with Crippen molar-refractivity contribution >= 4 is 5.97 Å². The van der Waals surface area contributed by atoms with Gasteiger partial charge in [-0.1, -0.05) is 23.8 Å². The molecule has 0 saturated carbocycles. The number of ether oxygens (including phenoxy) is 1. The van der Waals surface area contributed by atoms with Crippen molar-refractivity contribution in [3.8, 4) is 0 Å². The van der Waals surface area contributed by atoms with Gasteiger partial charge in [-0.15, -0.1) is 0 Å². The van der Waals surface area contributed by atoms with Crippen LogP contribution in [0.2, 0.25) is 0 Å². The lowest BCUT2D eigenvalue weighted by Gasteiger charge is -2.32. The molecule has 0 heterocycles. The molecule has 1 aliphatic rings. The molecule has 0 amide bonds. The van der Waals surface area contributed by atoms with Gasteiger partial charge in [-0.3, -0.25) is 4.79 Å². The number of hydrogen-bond acceptors (Lipinski definition) is 4. The second-order valence-electron chi connectivity index (χ2n) is 6.59. The van der Waals surface area contributed by atoms with E-state index in [1.54, 1.807) is 19.9 Å². The highest BCUT2D eigenvalue weighted by atomic mass is 16.5. The van der Waals surface area contributed by atoms with Gasteiger partial charge >= 0.3 is 5.97 Å². The minimum Gasteiger partial charge on any atom is -0.463 e. The minimum atomic E-state index is -1.14. The lowest BCUT2D eigenvalue weighted by Crippen LogP contribution is -2.39. The van der Waals surface area contributed by atoms with Gasteiger partial charge in [0.05, 0.1) is 5.60 Å². The van der Waals surface area contributed by atoms with Crippen molar-refractivity contribution in [2.75, 3.05) is 6.61 Å². The van der Waals surface area contributed by atoms with Gasteiger partial charge in [0.15, 0.2) is 0 Å². The smallest absolute Gasteiger partial charge is 0.302 e. The van der Waals surface area contributed by atoms with E-state index in [0.29, 0.717) is 6.42 Å². The number of esters is 1. The highest BCUT2D eigenvalue weighted by Crippen LogP contribution is 2.29. The van der Waals surface area contributed by atoms with Crippen LogP contribution in [-0.2, 0) is 9.53 Å². The standard InChI is InChI=1S/C17H28O4/c1-13-6-5-10-16(3,19)11-9-15(8-7-13)17(4,20)12-21-14(2)18/h6,9,11,15,19-20H,5,7-8,10,12H2,1-4H3/t15-,16-,17?/m1/s1. The van der Waals surface area contributed by atoms with Crippen molar-refractivity contribution in [1.82, 2.24) is 0 Å². The molecule has 21 heavy (non-hydrogen) atoms. The predicted molar refractivity (Wildman–Crippen MR) is 82.7 cm³/mol. The average molecular weight is 296 g/mol. The van der Waals surface area contributed by atoms with Gasteiger partial charge < -0.3 is 14.9 Å². The molecule has 120 valence electrons. The van der Waals surface area contributed by atoms with Gasteiger partial charge in [0.25, 0.3) is 0 Å². The molecule has 0 fully saturated rings. The van der Waals surface area contributed by atoms with E-state index in [9.17, 15) is 15.0 Å². The van der Waals surface area contributed by atoms with E-state index in [2.05, 4.69) is 13.0 Å². The number of aliphatic hydroxyl groups is 2. The molecular formula is C17H28O4. The molecule has 4 nitrogen and oxygen atoms in total. The van der Waals surface area contributed by atoms with E-state index in [4.69, 9.17) is 4.74 Å². The summed E-state index contributed by atoms with van der Waals surface area (Å²) in [4.78, 5) is 11.0. The Labute approximate surface area is 127 Å². The largest absolute Gasteiger partial charge is 0.463 e. The van der Waals surface area contributed by atoms with Crippen molar-refractivity contribution in [3.05, 3.63) is 23.8 Å². The van der Waals surface area contributed by atoms with Crippen LogP contribution in [0.4, 0.5) is 0 Å². The second-order valence-corrected chi connectivity index (χ2v) is 6.59. The molecule has 0 aromatic carbocycles. The van der Waals surface area contributed by atoms with Crippen LogP contribution in [0.5, 0.6) is 0 Å². The molecule has 0 bridgehead atoms. The van der Waals surface area contributed by atoms with Crippen molar-refractivity contribution in [1.29, 1.82) is 0 Å². The molecule has 0 spiro atoms. The molecule has 3 atom stereocenters. The summed E-state index contributed by atoms with van der Waals surface area (Å²) in [5, 5.41) is 20.9. The van der Waals surface area contributed by atoms with Crippen molar-refractivity contribution in [3.63, 3.8) is 0 Å². The molecule has 0 saturated heterocycles. The zero-order valence-corrected chi connectivity index (χ0v) is 13.6. The van der Waals surface area contributed by atoms with Crippen molar-refractivity contribution in [2.24, 2.45) is 5.92 Å².